The fourth-order valence-corrected chi connectivity index (χ4v) is 4.12. The summed E-state index contributed by atoms with van der Waals surface area (Å²) in [5.41, 5.74) is 6.11. The van der Waals surface area contributed by atoms with Crippen molar-refractivity contribution in [2.45, 2.75) is 12.8 Å². The summed E-state index contributed by atoms with van der Waals surface area (Å²) in [5, 5.41) is 0. The van der Waals surface area contributed by atoms with Gasteiger partial charge in [0.15, 0.2) is 5.69 Å². The average Bonchev–Trinajstić information content (AvgIpc) is 3.19. The molecular formula is C25H23BrN2O2. The molecule has 2 heterocycles. The van der Waals surface area contributed by atoms with Gasteiger partial charge < -0.3 is 26.5 Å². The highest BCUT2D eigenvalue weighted by molar-refractivity contribution is 5.59. The van der Waals surface area contributed by atoms with E-state index in [0.29, 0.717) is 0 Å². The van der Waals surface area contributed by atoms with Crippen molar-refractivity contribution in [1.29, 1.82) is 0 Å². The quantitative estimate of drug-likeness (QED) is 0.430. The maximum atomic E-state index is 5.35. The van der Waals surface area contributed by atoms with Gasteiger partial charge in [-0.15, -0.1) is 0 Å². The maximum Gasteiger partial charge on any atom is 0.267 e. The fourth-order valence-electron chi connectivity index (χ4n) is 4.12. The van der Waals surface area contributed by atoms with Crippen LogP contribution in [0.25, 0.3) is 22.6 Å². The summed E-state index contributed by atoms with van der Waals surface area (Å²) >= 11 is 0. The number of nitrogens with zero attached hydrogens (tertiary/aromatic N) is 2. The molecule has 0 atom stereocenters. The molecule has 30 heavy (non-hydrogen) atoms. The topological polar surface area (TPSA) is 27.3 Å². The van der Waals surface area contributed by atoms with Crippen molar-refractivity contribution in [2.24, 2.45) is 0 Å². The Morgan fingerprint density at radius 3 is 2.07 bits per heavy atom. The maximum absolute atomic E-state index is 5.35. The second kappa shape index (κ2) is 8.36. The molecule has 1 aliphatic heterocycles. The molecular weight excluding hydrogens is 440 g/mol. The van der Waals surface area contributed by atoms with Gasteiger partial charge in [-0.25, -0.2) is 0 Å². The molecule has 0 saturated carbocycles. The van der Waals surface area contributed by atoms with Gasteiger partial charge in [-0.1, -0.05) is 18.2 Å². The molecule has 0 fully saturated rings. The molecule has 1 aliphatic rings. The number of aryl methyl sites for hydroxylation is 1. The molecule has 152 valence electrons. The molecule has 1 aromatic heterocycles. The Labute approximate surface area is 187 Å². The van der Waals surface area contributed by atoms with Crippen LogP contribution in [0.15, 0.2) is 79.0 Å². The van der Waals surface area contributed by atoms with E-state index >= 15 is 0 Å². The molecule has 0 aliphatic carbocycles. The van der Waals surface area contributed by atoms with E-state index in [0.717, 1.165) is 35.6 Å². The number of methoxy groups -OCH3 is 2. The van der Waals surface area contributed by atoms with Gasteiger partial charge >= 0.3 is 0 Å². The van der Waals surface area contributed by atoms with E-state index < -0.39 is 0 Å². The van der Waals surface area contributed by atoms with E-state index in [1.165, 1.54) is 22.8 Å². The van der Waals surface area contributed by atoms with Gasteiger partial charge in [0, 0.05) is 5.56 Å². The third-order valence-corrected chi connectivity index (χ3v) is 5.62. The van der Waals surface area contributed by atoms with Gasteiger partial charge in [0.1, 0.15) is 29.1 Å². The highest BCUT2D eigenvalue weighted by atomic mass is 79.9. The third-order valence-electron chi connectivity index (χ3n) is 5.62. The first-order chi connectivity index (χ1) is 14.3. The molecule has 4 nitrogen and oxygen atoms in total. The van der Waals surface area contributed by atoms with Gasteiger partial charge in [0.25, 0.3) is 5.82 Å². The minimum absolute atomic E-state index is 0. The first kappa shape index (κ1) is 20.2. The Hall–Kier alpha value is -3.05. The third kappa shape index (κ3) is 3.39. The number of para-hydroxylation sites is 1. The zero-order valence-corrected chi connectivity index (χ0v) is 18.6. The zero-order chi connectivity index (χ0) is 19.8. The van der Waals surface area contributed by atoms with Crippen molar-refractivity contribution in [1.82, 2.24) is 4.57 Å². The number of aromatic nitrogens is 2. The molecule has 5 rings (SSSR count). The smallest absolute Gasteiger partial charge is 0.267 e. The van der Waals surface area contributed by atoms with Crippen LogP contribution < -0.4 is 31.0 Å². The Morgan fingerprint density at radius 1 is 0.767 bits per heavy atom. The molecule has 3 aromatic carbocycles. The Balaban J connectivity index is 0.00000218. The summed E-state index contributed by atoms with van der Waals surface area (Å²) < 4.78 is 15.4. The lowest BCUT2D eigenvalue weighted by molar-refractivity contribution is -0.595. The monoisotopic (exact) mass is 462 g/mol. The minimum atomic E-state index is 0. The van der Waals surface area contributed by atoms with Gasteiger partial charge in [0.2, 0.25) is 0 Å². The lowest BCUT2D eigenvalue weighted by Gasteiger charge is -2.15. The van der Waals surface area contributed by atoms with Crippen LogP contribution in [0.2, 0.25) is 0 Å². The molecule has 5 heteroatoms. The largest absolute Gasteiger partial charge is 1.00 e. The molecule has 4 aromatic rings. The van der Waals surface area contributed by atoms with Crippen LogP contribution in [0, 0.1) is 0 Å². The number of imidazole rings is 1. The van der Waals surface area contributed by atoms with E-state index in [9.17, 15) is 0 Å². The van der Waals surface area contributed by atoms with Gasteiger partial charge in [-0.2, -0.15) is 9.13 Å². The molecule has 0 saturated heterocycles. The zero-order valence-electron chi connectivity index (χ0n) is 17.0. The summed E-state index contributed by atoms with van der Waals surface area (Å²) in [4.78, 5) is 0. The SMILES string of the molecule is COc1ccc(-c2cn(-c3ccc(OC)cc3)c3[n+]2-c2ccccc2CC3)cc1.[Br-]. The van der Waals surface area contributed by atoms with Crippen molar-refractivity contribution < 1.29 is 31.0 Å². The van der Waals surface area contributed by atoms with E-state index in [1.54, 1.807) is 14.2 Å². The summed E-state index contributed by atoms with van der Waals surface area (Å²) in [6.45, 7) is 0. The number of rotatable bonds is 4. The predicted octanol–water partition coefficient (Wildman–Crippen LogP) is 1.54. The summed E-state index contributed by atoms with van der Waals surface area (Å²) in [6, 6.07) is 25.2. The second-order valence-electron chi connectivity index (χ2n) is 7.19. The Morgan fingerprint density at radius 2 is 1.40 bits per heavy atom. The number of halogens is 1. The van der Waals surface area contributed by atoms with Gasteiger partial charge in [-0.3, -0.25) is 0 Å². The summed E-state index contributed by atoms with van der Waals surface area (Å²) in [6.07, 6.45) is 4.26. The molecule has 0 spiro atoms. The predicted molar refractivity (Wildman–Crippen MR) is 113 cm³/mol. The van der Waals surface area contributed by atoms with Crippen LogP contribution >= 0.6 is 0 Å². The van der Waals surface area contributed by atoms with Crippen LogP contribution in [0.4, 0.5) is 0 Å². The number of fused-ring (bicyclic) bond motifs is 3. The summed E-state index contributed by atoms with van der Waals surface area (Å²) in [7, 11) is 3.39. The van der Waals surface area contributed by atoms with Crippen molar-refractivity contribution in [3.05, 3.63) is 90.4 Å². The number of hydrogen-bond donors (Lipinski definition) is 0. The number of benzene rings is 3. The van der Waals surface area contributed by atoms with Crippen molar-refractivity contribution >= 4 is 0 Å². The van der Waals surface area contributed by atoms with Crippen LogP contribution in [0.5, 0.6) is 11.5 Å². The number of ether oxygens (including phenoxy) is 2. The van der Waals surface area contributed by atoms with Crippen LogP contribution in [0.3, 0.4) is 0 Å². The first-order valence-corrected chi connectivity index (χ1v) is 9.82. The fraction of sp³-hybridized carbons (Fsp3) is 0.160. The Kier molecular flexibility index (Phi) is 5.64. The van der Waals surface area contributed by atoms with Gasteiger partial charge in [0.05, 0.1) is 20.6 Å². The first-order valence-electron chi connectivity index (χ1n) is 9.82. The molecule has 0 amide bonds. The van der Waals surface area contributed by atoms with Crippen molar-refractivity contribution in [3.8, 4) is 34.1 Å². The highest BCUT2D eigenvalue weighted by Crippen LogP contribution is 2.29. The van der Waals surface area contributed by atoms with E-state index in [-0.39, 0.29) is 17.0 Å². The molecule has 0 unspecified atom stereocenters. The lowest BCUT2D eigenvalue weighted by atomic mass is 10.0. The van der Waals surface area contributed by atoms with Crippen LogP contribution in [0.1, 0.15) is 11.4 Å². The van der Waals surface area contributed by atoms with Gasteiger partial charge in [-0.05, 0) is 66.6 Å². The normalized spacial score (nSPS) is 11.8. The minimum Gasteiger partial charge on any atom is -1.00 e. The van der Waals surface area contributed by atoms with E-state index in [2.05, 4.69) is 63.9 Å². The van der Waals surface area contributed by atoms with E-state index in [1.807, 2.05) is 24.3 Å². The molecule has 0 bridgehead atoms. The number of hydrogen-bond acceptors (Lipinski definition) is 2. The Bertz CT molecular complexity index is 1160. The standard InChI is InChI=1S/C25H23N2O2.BrH/c1-28-21-12-7-19(8-13-21)24-17-26(20-10-14-22(29-2)15-11-20)25-16-9-18-5-3-4-6-23(18)27(24)25;/h3-8,10-15,17H,9,16H2,1-2H3;1H/q+1;/p-1. The van der Waals surface area contributed by atoms with E-state index in [4.69, 9.17) is 9.47 Å². The lowest BCUT2D eigenvalue weighted by Crippen LogP contribution is -3.00. The highest BCUT2D eigenvalue weighted by Gasteiger charge is 2.31. The van der Waals surface area contributed by atoms with Crippen LogP contribution in [-0.2, 0) is 12.8 Å². The van der Waals surface area contributed by atoms with Crippen molar-refractivity contribution in [2.75, 3.05) is 14.2 Å². The van der Waals surface area contributed by atoms with Crippen molar-refractivity contribution in [3.63, 3.8) is 0 Å². The second-order valence-corrected chi connectivity index (χ2v) is 7.19. The van der Waals surface area contributed by atoms with Crippen LogP contribution in [-0.4, -0.2) is 18.8 Å². The summed E-state index contributed by atoms with van der Waals surface area (Å²) in [5.74, 6) is 3.01. The molecule has 0 radical (unpaired) electrons. The molecule has 0 N–H and O–H groups in total. The average molecular weight is 463 g/mol.